The molecule has 0 radical (unpaired) electrons. The first-order valence-corrected chi connectivity index (χ1v) is 5.67. The molecule has 0 aromatic rings. The number of hydrogen-bond donors (Lipinski definition) is 1. The molecule has 14 heavy (non-hydrogen) atoms. The van der Waals surface area contributed by atoms with E-state index in [0.29, 0.717) is 6.04 Å². The van der Waals surface area contributed by atoms with Gasteiger partial charge in [0.25, 0.3) is 0 Å². The molecule has 0 aromatic carbocycles. The molecule has 1 atom stereocenters. The van der Waals surface area contributed by atoms with Gasteiger partial charge in [-0.05, 0) is 38.1 Å². The molecule has 3 nitrogen and oxygen atoms in total. The van der Waals surface area contributed by atoms with Crippen LogP contribution in [0.1, 0.15) is 39.0 Å². The van der Waals surface area contributed by atoms with Crippen LogP contribution in [0.5, 0.6) is 0 Å². The van der Waals surface area contributed by atoms with Crippen LogP contribution in [0.2, 0.25) is 0 Å². The van der Waals surface area contributed by atoms with Crippen molar-refractivity contribution in [2.75, 3.05) is 6.54 Å². The van der Waals surface area contributed by atoms with E-state index >= 15 is 0 Å². The Hall–Kier alpha value is -0.570. The third-order valence-corrected chi connectivity index (χ3v) is 3.65. The minimum Gasteiger partial charge on any atom is -0.480 e. The van der Waals surface area contributed by atoms with Gasteiger partial charge in [-0.1, -0.05) is 13.3 Å². The number of piperidine rings is 1. The van der Waals surface area contributed by atoms with Gasteiger partial charge >= 0.3 is 5.97 Å². The largest absolute Gasteiger partial charge is 0.480 e. The molecule has 1 saturated heterocycles. The van der Waals surface area contributed by atoms with Crippen molar-refractivity contribution < 1.29 is 9.90 Å². The van der Waals surface area contributed by atoms with Crippen LogP contribution >= 0.6 is 0 Å². The van der Waals surface area contributed by atoms with Gasteiger partial charge in [0, 0.05) is 6.04 Å². The lowest BCUT2D eigenvalue weighted by Crippen LogP contribution is -2.54. The molecule has 1 aliphatic heterocycles. The lowest BCUT2D eigenvalue weighted by atomic mass is 9.79. The van der Waals surface area contributed by atoms with Crippen LogP contribution in [0.25, 0.3) is 0 Å². The Labute approximate surface area is 85.1 Å². The van der Waals surface area contributed by atoms with Crippen LogP contribution in [-0.4, -0.2) is 34.6 Å². The average molecular weight is 197 g/mol. The summed E-state index contributed by atoms with van der Waals surface area (Å²) in [5.74, 6) is 0.181. The highest BCUT2D eigenvalue weighted by atomic mass is 16.4. The van der Waals surface area contributed by atoms with Crippen LogP contribution in [-0.2, 0) is 4.79 Å². The zero-order valence-corrected chi connectivity index (χ0v) is 8.78. The fraction of sp³-hybridized carbons (Fsp3) is 0.909. The number of aliphatic carboxylic acids is 1. The van der Waals surface area contributed by atoms with Gasteiger partial charge in [0.2, 0.25) is 0 Å². The van der Waals surface area contributed by atoms with E-state index in [1.165, 1.54) is 19.3 Å². The van der Waals surface area contributed by atoms with E-state index in [1.807, 2.05) is 0 Å². The first kappa shape index (κ1) is 9.97. The quantitative estimate of drug-likeness (QED) is 0.732. The summed E-state index contributed by atoms with van der Waals surface area (Å²) in [6, 6.07) is 0.368. The molecule has 3 heteroatoms. The van der Waals surface area contributed by atoms with Crippen molar-refractivity contribution in [2.24, 2.45) is 5.92 Å². The molecular formula is C11H19NO2. The molecule has 80 valence electrons. The van der Waals surface area contributed by atoms with Gasteiger partial charge in [0.15, 0.2) is 0 Å². The SMILES string of the molecule is CC1CC(N2CCCCC2C(=O)O)C1. The van der Waals surface area contributed by atoms with Gasteiger partial charge in [0.1, 0.15) is 6.04 Å². The molecule has 0 bridgehead atoms. The number of carbonyl (C=O) groups is 1. The Morgan fingerprint density at radius 1 is 1.36 bits per heavy atom. The fourth-order valence-corrected chi connectivity index (χ4v) is 2.79. The van der Waals surface area contributed by atoms with E-state index in [4.69, 9.17) is 5.11 Å². The normalized spacial score (nSPS) is 39.1. The average Bonchev–Trinajstić information content (AvgIpc) is 2.13. The summed E-state index contributed by atoms with van der Waals surface area (Å²) in [6.45, 7) is 3.24. The fourth-order valence-electron chi connectivity index (χ4n) is 2.79. The minimum absolute atomic E-state index is 0.193. The Kier molecular flexibility index (Phi) is 2.77. The number of rotatable bonds is 2. The first-order valence-electron chi connectivity index (χ1n) is 5.67. The van der Waals surface area contributed by atoms with Crippen LogP contribution < -0.4 is 0 Å². The Balaban J connectivity index is 1.96. The molecule has 0 spiro atoms. The maximum Gasteiger partial charge on any atom is 0.320 e. The summed E-state index contributed by atoms with van der Waals surface area (Å²) in [5, 5.41) is 9.10. The highest BCUT2D eigenvalue weighted by Crippen LogP contribution is 2.34. The van der Waals surface area contributed by atoms with Crippen LogP contribution in [0.4, 0.5) is 0 Å². The second kappa shape index (κ2) is 3.89. The molecule has 2 aliphatic rings. The molecule has 2 rings (SSSR count). The van der Waals surface area contributed by atoms with Crippen molar-refractivity contribution in [1.82, 2.24) is 4.90 Å². The number of nitrogens with zero attached hydrogens (tertiary/aromatic N) is 1. The van der Waals surface area contributed by atoms with Gasteiger partial charge in [-0.2, -0.15) is 0 Å². The highest BCUT2D eigenvalue weighted by Gasteiger charge is 2.38. The summed E-state index contributed by atoms with van der Waals surface area (Å²) in [7, 11) is 0. The van der Waals surface area contributed by atoms with E-state index in [0.717, 1.165) is 25.3 Å². The van der Waals surface area contributed by atoms with Crippen molar-refractivity contribution in [3.63, 3.8) is 0 Å². The predicted molar refractivity (Wildman–Crippen MR) is 54.2 cm³/mol. The summed E-state index contributed by atoms with van der Waals surface area (Å²) < 4.78 is 0. The molecule has 1 aliphatic carbocycles. The number of carboxylic acids is 1. The van der Waals surface area contributed by atoms with Crippen LogP contribution in [0, 0.1) is 5.92 Å². The minimum atomic E-state index is -0.621. The summed E-state index contributed by atoms with van der Waals surface area (Å²) in [6.07, 6.45) is 5.50. The summed E-state index contributed by atoms with van der Waals surface area (Å²) in [4.78, 5) is 13.3. The standard InChI is InChI=1S/C11H19NO2/c1-8-6-9(7-8)12-5-3-2-4-10(12)11(13)14/h8-10H,2-7H2,1H3,(H,13,14). The van der Waals surface area contributed by atoms with E-state index in [2.05, 4.69) is 11.8 Å². The zero-order valence-electron chi connectivity index (χ0n) is 8.78. The molecule has 2 fully saturated rings. The molecule has 1 heterocycles. The third-order valence-electron chi connectivity index (χ3n) is 3.65. The van der Waals surface area contributed by atoms with Crippen molar-refractivity contribution in [3.05, 3.63) is 0 Å². The molecular weight excluding hydrogens is 178 g/mol. The molecule has 1 N–H and O–H groups in total. The smallest absolute Gasteiger partial charge is 0.320 e. The third kappa shape index (κ3) is 1.78. The monoisotopic (exact) mass is 197 g/mol. The van der Waals surface area contributed by atoms with Crippen LogP contribution in [0.3, 0.4) is 0 Å². The second-order valence-electron chi connectivity index (χ2n) is 4.82. The van der Waals surface area contributed by atoms with E-state index in [-0.39, 0.29) is 6.04 Å². The zero-order chi connectivity index (χ0) is 10.1. The molecule has 0 amide bonds. The van der Waals surface area contributed by atoms with E-state index < -0.39 is 5.97 Å². The van der Waals surface area contributed by atoms with Crippen molar-refractivity contribution in [2.45, 2.75) is 51.1 Å². The molecule has 1 unspecified atom stereocenters. The Bertz CT molecular complexity index is 223. The van der Waals surface area contributed by atoms with E-state index in [9.17, 15) is 4.79 Å². The van der Waals surface area contributed by atoms with Crippen LogP contribution in [0.15, 0.2) is 0 Å². The van der Waals surface area contributed by atoms with Crippen molar-refractivity contribution in [3.8, 4) is 0 Å². The van der Waals surface area contributed by atoms with E-state index in [1.54, 1.807) is 0 Å². The van der Waals surface area contributed by atoms with Gasteiger partial charge < -0.3 is 5.11 Å². The van der Waals surface area contributed by atoms with Gasteiger partial charge in [0.05, 0.1) is 0 Å². The highest BCUT2D eigenvalue weighted by molar-refractivity contribution is 5.73. The topological polar surface area (TPSA) is 40.5 Å². The van der Waals surface area contributed by atoms with Gasteiger partial charge in [-0.15, -0.1) is 0 Å². The summed E-state index contributed by atoms with van der Waals surface area (Å²) >= 11 is 0. The maximum atomic E-state index is 11.0. The first-order chi connectivity index (χ1) is 6.68. The Morgan fingerprint density at radius 3 is 2.64 bits per heavy atom. The Morgan fingerprint density at radius 2 is 2.07 bits per heavy atom. The van der Waals surface area contributed by atoms with Crippen molar-refractivity contribution in [1.29, 1.82) is 0 Å². The summed E-state index contributed by atoms with van der Waals surface area (Å²) in [5.41, 5.74) is 0. The second-order valence-corrected chi connectivity index (χ2v) is 4.82. The molecule has 1 saturated carbocycles. The lowest BCUT2D eigenvalue weighted by molar-refractivity contribution is -0.147. The van der Waals surface area contributed by atoms with Crippen molar-refractivity contribution >= 4 is 5.97 Å². The number of likely N-dealkylation sites (tertiary alicyclic amines) is 1. The predicted octanol–water partition coefficient (Wildman–Crippen LogP) is 1.72. The van der Waals surface area contributed by atoms with Gasteiger partial charge in [-0.3, -0.25) is 9.69 Å². The molecule has 0 aromatic heterocycles. The number of carboxylic acid groups (broad SMARTS) is 1. The maximum absolute atomic E-state index is 11.0. The van der Waals surface area contributed by atoms with Gasteiger partial charge in [-0.25, -0.2) is 0 Å². The lowest BCUT2D eigenvalue weighted by Gasteiger charge is -2.46. The number of hydrogen-bond acceptors (Lipinski definition) is 2.